The standard InChI is InChI=1S/C17H25N3O/c1-19(2)17(14-7-5-9-16(11-14)21-4)13-18-12-15-8-6-10-20(15)3/h5-11,17-18H,12-13H2,1-4H3. The molecule has 0 aliphatic heterocycles. The molecule has 2 rings (SSSR count). The molecule has 0 aliphatic rings. The van der Waals surface area contributed by atoms with Crippen LogP contribution in [0.5, 0.6) is 5.75 Å². The van der Waals surface area contributed by atoms with Crippen LogP contribution in [0.15, 0.2) is 42.6 Å². The van der Waals surface area contributed by atoms with E-state index in [1.807, 2.05) is 12.1 Å². The van der Waals surface area contributed by atoms with Crippen molar-refractivity contribution < 1.29 is 4.74 Å². The van der Waals surface area contributed by atoms with Crippen LogP contribution in [0.2, 0.25) is 0 Å². The Morgan fingerprint density at radius 2 is 2.05 bits per heavy atom. The van der Waals surface area contributed by atoms with Crippen LogP contribution >= 0.6 is 0 Å². The van der Waals surface area contributed by atoms with E-state index >= 15 is 0 Å². The number of ether oxygens (including phenoxy) is 1. The summed E-state index contributed by atoms with van der Waals surface area (Å²) < 4.78 is 7.46. The van der Waals surface area contributed by atoms with Gasteiger partial charge in [-0.3, -0.25) is 0 Å². The molecule has 0 saturated carbocycles. The van der Waals surface area contributed by atoms with Gasteiger partial charge >= 0.3 is 0 Å². The van der Waals surface area contributed by atoms with E-state index in [-0.39, 0.29) is 0 Å². The molecular formula is C17H25N3O. The lowest BCUT2D eigenvalue weighted by Gasteiger charge is -2.25. The van der Waals surface area contributed by atoms with E-state index in [1.54, 1.807) is 7.11 Å². The Bertz CT molecular complexity index is 563. The monoisotopic (exact) mass is 287 g/mol. The van der Waals surface area contributed by atoms with Gasteiger partial charge in [-0.15, -0.1) is 0 Å². The summed E-state index contributed by atoms with van der Waals surface area (Å²) in [5.41, 5.74) is 2.55. The number of nitrogens with one attached hydrogen (secondary N) is 1. The number of methoxy groups -OCH3 is 1. The Labute approximate surface area is 127 Å². The van der Waals surface area contributed by atoms with Gasteiger partial charge in [0.2, 0.25) is 0 Å². The number of nitrogens with zero attached hydrogens (tertiary/aromatic N) is 2. The zero-order valence-electron chi connectivity index (χ0n) is 13.3. The fraction of sp³-hybridized carbons (Fsp3) is 0.412. The van der Waals surface area contributed by atoms with Crippen molar-refractivity contribution in [3.63, 3.8) is 0 Å². The summed E-state index contributed by atoms with van der Waals surface area (Å²) >= 11 is 0. The van der Waals surface area contributed by atoms with Crippen molar-refractivity contribution in [3.8, 4) is 5.75 Å². The maximum absolute atomic E-state index is 5.32. The van der Waals surface area contributed by atoms with Crippen LogP contribution in [0.25, 0.3) is 0 Å². The molecule has 0 aliphatic carbocycles. The minimum Gasteiger partial charge on any atom is -0.497 e. The molecule has 0 amide bonds. The average molecular weight is 287 g/mol. The summed E-state index contributed by atoms with van der Waals surface area (Å²) in [7, 11) is 7.99. The minimum absolute atomic E-state index is 0.320. The Morgan fingerprint density at radius 1 is 1.24 bits per heavy atom. The number of aryl methyl sites for hydroxylation is 1. The molecule has 1 aromatic carbocycles. The van der Waals surface area contributed by atoms with Crippen molar-refractivity contribution in [2.24, 2.45) is 7.05 Å². The second kappa shape index (κ2) is 7.29. The predicted octanol–water partition coefficient (Wildman–Crippen LogP) is 2.43. The molecule has 2 aromatic rings. The molecule has 0 bridgehead atoms. The van der Waals surface area contributed by atoms with Gasteiger partial charge in [-0.05, 0) is 43.9 Å². The van der Waals surface area contributed by atoms with Gasteiger partial charge in [-0.1, -0.05) is 12.1 Å². The second-order valence-corrected chi connectivity index (χ2v) is 5.50. The molecule has 1 N–H and O–H groups in total. The average Bonchev–Trinajstić information content (AvgIpc) is 2.88. The highest BCUT2D eigenvalue weighted by Gasteiger charge is 2.14. The molecule has 1 heterocycles. The normalized spacial score (nSPS) is 12.6. The maximum atomic E-state index is 5.32. The summed E-state index contributed by atoms with van der Waals surface area (Å²) in [5, 5.41) is 3.54. The molecule has 21 heavy (non-hydrogen) atoms. The van der Waals surface area contributed by atoms with Crippen molar-refractivity contribution in [2.75, 3.05) is 27.7 Å². The molecule has 0 saturated heterocycles. The molecule has 4 nitrogen and oxygen atoms in total. The van der Waals surface area contributed by atoms with Gasteiger partial charge in [0, 0.05) is 38.1 Å². The van der Waals surface area contributed by atoms with Crippen LogP contribution in [0.1, 0.15) is 17.3 Å². The number of hydrogen-bond acceptors (Lipinski definition) is 3. The van der Waals surface area contributed by atoms with Gasteiger partial charge in [0.05, 0.1) is 7.11 Å². The molecule has 114 valence electrons. The van der Waals surface area contributed by atoms with Crippen LogP contribution in [0.4, 0.5) is 0 Å². The highest BCUT2D eigenvalue weighted by molar-refractivity contribution is 5.30. The number of aromatic nitrogens is 1. The number of hydrogen-bond donors (Lipinski definition) is 1. The van der Waals surface area contributed by atoms with Crippen molar-refractivity contribution in [1.29, 1.82) is 0 Å². The molecule has 4 heteroatoms. The zero-order valence-corrected chi connectivity index (χ0v) is 13.3. The third kappa shape index (κ3) is 4.09. The van der Waals surface area contributed by atoms with Gasteiger partial charge in [0.1, 0.15) is 5.75 Å². The van der Waals surface area contributed by atoms with Crippen LogP contribution in [0.3, 0.4) is 0 Å². The summed E-state index contributed by atoms with van der Waals surface area (Å²) in [6.45, 7) is 1.77. The highest BCUT2D eigenvalue weighted by atomic mass is 16.5. The first-order valence-electron chi connectivity index (χ1n) is 7.23. The van der Waals surface area contributed by atoms with E-state index in [2.05, 4.69) is 66.4 Å². The van der Waals surface area contributed by atoms with Crippen LogP contribution in [-0.4, -0.2) is 37.2 Å². The lowest BCUT2D eigenvalue weighted by atomic mass is 10.1. The fourth-order valence-electron chi connectivity index (χ4n) is 2.46. The lowest BCUT2D eigenvalue weighted by molar-refractivity contribution is 0.287. The topological polar surface area (TPSA) is 29.4 Å². The summed E-state index contributed by atoms with van der Waals surface area (Å²) in [6.07, 6.45) is 2.07. The van der Waals surface area contributed by atoms with Crippen molar-refractivity contribution in [2.45, 2.75) is 12.6 Å². The van der Waals surface area contributed by atoms with Crippen LogP contribution < -0.4 is 10.1 Å². The third-order valence-electron chi connectivity index (χ3n) is 3.80. The Kier molecular flexibility index (Phi) is 5.42. The number of rotatable bonds is 7. The first-order valence-corrected chi connectivity index (χ1v) is 7.23. The van der Waals surface area contributed by atoms with Gasteiger partial charge in [-0.2, -0.15) is 0 Å². The summed E-state index contributed by atoms with van der Waals surface area (Å²) in [6, 6.07) is 12.8. The Morgan fingerprint density at radius 3 is 2.67 bits per heavy atom. The quantitative estimate of drug-likeness (QED) is 0.848. The lowest BCUT2D eigenvalue weighted by Crippen LogP contribution is -2.31. The summed E-state index contributed by atoms with van der Waals surface area (Å²) in [4.78, 5) is 2.23. The zero-order chi connectivity index (χ0) is 15.2. The van der Waals surface area contributed by atoms with Gasteiger partial charge in [-0.25, -0.2) is 0 Å². The van der Waals surface area contributed by atoms with Crippen molar-refractivity contribution in [1.82, 2.24) is 14.8 Å². The second-order valence-electron chi connectivity index (χ2n) is 5.50. The molecule has 1 unspecified atom stereocenters. The third-order valence-corrected chi connectivity index (χ3v) is 3.80. The molecular weight excluding hydrogens is 262 g/mol. The van der Waals surface area contributed by atoms with Crippen LogP contribution in [-0.2, 0) is 13.6 Å². The van der Waals surface area contributed by atoms with Crippen LogP contribution in [0, 0.1) is 0 Å². The summed E-state index contributed by atoms with van der Waals surface area (Å²) in [5.74, 6) is 0.904. The van der Waals surface area contributed by atoms with E-state index in [0.717, 1.165) is 18.8 Å². The number of likely N-dealkylation sites (N-methyl/N-ethyl adjacent to an activating group) is 1. The van der Waals surface area contributed by atoms with E-state index < -0.39 is 0 Å². The molecule has 1 aromatic heterocycles. The Balaban J connectivity index is 2.00. The number of benzene rings is 1. The predicted molar refractivity (Wildman–Crippen MR) is 86.5 cm³/mol. The first kappa shape index (κ1) is 15.6. The van der Waals surface area contributed by atoms with Gasteiger partial charge < -0.3 is 19.5 Å². The van der Waals surface area contributed by atoms with Crippen molar-refractivity contribution in [3.05, 3.63) is 53.9 Å². The fourth-order valence-corrected chi connectivity index (χ4v) is 2.46. The first-order chi connectivity index (χ1) is 10.1. The maximum Gasteiger partial charge on any atom is 0.119 e. The van der Waals surface area contributed by atoms with Gasteiger partial charge in [0.15, 0.2) is 0 Å². The SMILES string of the molecule is COc1cccc(C(CNCc2cccn2C)N(C)C)c1. The molecule has 0 spiro atoms. The largest absolute Gasteiger partial charge is 0.497 e. The van der Waals surface area contributed by atoms with E-state index in [9.17, 15) is 0 Å². The molecule has 0 fully saturated rings. The van der Waals surface area contributed by atoms with E-state index in [0.29, 0.717) is 6.04 Å². The van der Waals surface area contributed by atoms with Gasteiger partial charge in [0.25, 0.3) is 0 Å². The minimum atomic E-state index is 0.320. The van der Waals surface area contributed by atoms with Crippen molar-refractivity contribution >= 4 is 0 Å². The highest BCUT2D eigenvalue weighted by Crippen LogP contribution is 2.22. The Hall–Kier alpha value is -1.78. The van der Waals surface area contributed by atoms with E-state index in [1.165, 1.54) is 11.3 Å². The van der Waals surface area contributed by atoms with E-state index in [4.69, 9.17) is 4.74 Å². The molecule has 1 atom stereocenters. The molecule has 0 radical (unpaired) electrons. The smallest absolute Gasteiger partial charge is 0.119 e.